The molecule has 1 saturated heterocycles. The van der Waals surface area contributed by atoms with Crippen LogP contribution in [0.3, 0.4) is 0 Å². The molecule has 2 aliphatic heterocycles. The molecule has 3 nitrogen and oxygen atoms in total. The SMILES string of the molecule is COc1ccc2[nH]c3c(c2c1)CCN1CCCCC31. The number of hydrogen-bond acceptors (Lipinski definition) is 2. The van der Waals surface area contributed by atoms with Gasteiger partial charge < -0.3 is 9.72 Å². The van der Waals surface area contributed by atoms with E-state index in [-0.39, 0.29) is 0 Å². The lowest BCUT2D eigenvalue weighted by Gasteiger charge is -2.39. The number of fused-ring (bicyclic) bond motifs is 5. The van der Waals surface area contributed by atoms with E-state index in [1.165, 1.54) is 60.9 Å². The molecule has 3 heteroatoms. The summed E-state index contributed by atoms with van der Waals surface area (Å²) in [5.74, 6) is 0.959. The van der Waals surface area contributed by atoms with Gasteiger partial charge in [-0.3, -0.25) is 4.90 Å². The summed E-state index contributed by atoms with van der Waals surface area (Å²) in [6, 6.07) is 7.00. The van der Waals surface area contributed by atoms with Gasteiger partial charge in [0.1, 0.15) is 5.75 Å². The zero-order chi connectivity index (χ0) is 12.8. The smallest absolute Gasteiger partial charge is 0.119 e. The first-order chi connectivity index (χ1) is 9.36. The summed E-state index contributed by atoms with van der Waals surface area (Å²) >= 11 is 0. The van der Waals surface area contributed by atoms with Crippen LogP contribution in [0.5, 0.6) is 5.75 Å². The molecule has 1 aromatic carbocycles. The molecule has 2 aromatic rings. The number of H-pyrrole nitrogens is 1. The van der Waals surface area contributed by atoms with E-state index >= 15 is 0 Å². The molecule has 0 saturated carbocycles. The molecule has 0 spiro atoms. The van der Waals surface area contributed by atoms with E-state index in [2.05, 4.69) is 22.0 Å². The predicted octanol–water partition coefficient (Wildman–Crippen LogP) is 3.26. The Morgan fingerprint density at radius 3 is 3.11 bits per heavy atom. The van der Waals surface area contributed by atoms with Gasteiger partial charge in [-0.1, -0.05) is 6.42 Å². The zero-order valence-electron chi connectivity index (χ0n) is 11.4. The molecule has 100 valence electrons. The first kappa shape index (κ1) is 11.4. The maximum Gasteiger partial charge on any atom is 0.119 e. The van der Waals surface area contributed by atoms with Crippen molar-refractivity contribution < 1.29 is 4.74 Å². The third-order valence-electron chi connectivity index (χ3n) is 4.74. The zero-order valence-corrected chi connectivity index (χ0v) is 11.4. The van der Waals surface area contributed by atoms with E-state index in [9.17, 15) is 0 Å². The van der Waals surface area contributed by atoms with Crippen molar-refractivity contribution in [1.82, 2.24) is 9.88 Å². The Hall–Kier alpha value is -1.48. The van der Waals surface area contributed by atoms with Crippen LogP contribution in [0, 0.1) is 0 Å². The van der Waals surface area contributed by atoms with Crippen molar-refractivity contribution in [3.05, 3.63) is 29.5 Å². The van der Waals surface area contributed by atoms with Crippen molar-refractivity contribution in [2.75, 3.05) is 20.2 Å². The molecular weight excluding hydrogens is 236 g/mol. The molecule has 2 aliphatic rings. The highest BCUT2D eigenvalue weighted by molar-refractivity contribution is 5.86. The molecular formula is C16H20N2O. The monoisotopic (exact) mass is 256 g/mol. The predicted molar refractivity (Wildman–Crippen MR) is 76.7 cm³/mol. The number of methoxy groups -OCH3 is 1. The topological polar surface area (TPSA) is 28.3 Å². The van der Waals surface area contributed by atoms with Gasteiger partial charge >= 0.3 is 0 Å². The first-order valence-electron chi connectivity index (χ1n) is 7.29. The lowest BCUT2D eigenvalue weighted by atomic mass is 9.91. The van der Waals surface area contributed by atoms with Gasteiger partial charge in [0, 0.05) is 23.1 Å². The molecule has 1 fully saturated rings. The number of hydrogen-bond donors (Lipinski definition) is 1. The number of piperidine rings is 1. The van der Waals surface area contributed by atoms with Crippen molar-refractivity contribution in [1.29, 1.82) is 0 Å². The Balaban J connectivity index is 1.86. The fourth-order valence-electron chi connectivity index (χ4n) is 3.77. The van der Waals surface area contributed by atoms with Crippen molar-refractivity contribution in [3.8, 4) is 5.75 Å². The van der Waals surface area contributed by atoms with Crippen LogP contribution in [0.25, 0.3) is 10.9 Å². The van der Waals surface area contributed by atoms with Crippen molar-refractivity contribution in [2.24, 2.45) is 0 Å². The average molecular weight is 256 g/mol. The minimum absolute atomic E-state index is 0.621. The average Bonchev–Trinajstić information content (AvgIpc) is 2.85. The van der Waals surface area contributed by atoms with Gasteiger partial charge in [0.05, 0.1) is 13.2 Å². The summed E-state index contributed by atoms with van der Waals surface area (Å²) in [6.45, 7) is 2.48. The second kappa shape index (κ2) is 4.27. The molecule has 1 atom stereocenters. The van der Waals surface area contributed by atoms with E-state index in [1.807, 2.05) is 6.07 Å². The van der Waals surface area contributed by atoms with Gasteiger partial charge in [-0.25, -0.2) is 0 Å². The third-order valence-corrected chi connectivity index (χ3v) is 4.74. The Bertz CT molecular complexity index is 616. The fourth-order valence-corrected chi connectivity index (χ4v) is 3.77. The first-order valence-corrected chi connectivity index (χ1v) is 7.29. The quantitative estimate of drug-likeness (QED) is 0.848. The maximum atomic E-state index is 5.37. The highest BCUT2D eigenvalue weighted by atomic mass is 16.5. The highest BCUT2D eigenvalue weighted by Crippen LogP contribution is 2.39. The number of aromatic nitrogens is 1. The largest absolute Gasteiger partial charge is 0.497 e. The second-order valence-electron chi connectivity index (χ2n) is 5.73. The van der Waals surface area contributed by atoms with Crippen LogP contribution >= 0.6 is 0 Å². The highest BCUT2D eigenvalue weighted by Gasteiger charge is 2.31. The molecule has 19 heavy (non-hydrogen) atoms. The van der Waals surface area contributed by atoms with Crippen LogP contribution in [-0.4, -0.2) is 30.1 Å². The van der Waals surface area contributed by atoms with Gasteiger partial charge in [0.15, 0.2) is 0 Å². The summed E-state index contributed by atoms with van der Waals surface area (Å²) in [7, 11) is 1.74. The lowest BCUT2D eigenvalue weighted by molar-refractivity contribution is 0.136. The summed E-state index contributed by atoms with van der Waals surface area (Å²) in [4.78, 5) is 6.32. The number of ether oxygens (including phenoxy) is 1. The number of rotatable bonds is 1. The van der Waals surface area contributed by atoms with Gasteiger partial charge in [-0.2, -0.15) is 0 Å². The lowest BCUT2D eigenvalue weighted by Crippen LogP contribution is -2.38. The van der Waals surface area contributed by atoms with E-state index < -0.39 is 0 Å². The summed E-state index contributed by atoms with van der Waals surface area (Å²) < 4.78 is 5.37. The van der Waals surface area contributed by atoms with Gasteiger partial charge in [-0.15, -0.1) is 0 Å². The van der Waals surface area contributed by atoms with Gasteiger partial charge in [0.2, 0.25) is 0 Å². The van der Waals surface area contributed by atoms with Crippen LogP contribution in [-0.2, 0) is 6.42 Å². The van der Waals surface area contributed by atoms with Crippen LogP contribution in [0.2, 0.25) is 0 Å². The normalized spacial score (nSPS) is 23.1. The summed E-state index contributed by atoms with van der Waals surface area (Å²) in [5, 5.41) is 1.36. The van der Waals surface area contributed by atoms with Crippen molar-refractivity contribution in [2.45, 2.75) is 31.7 Å². The number of benzene rings is 1. The number of aromatic amines is 1. The number of nitrogens with one attached hydrogen (secondary N) is 1. The maximum absolute atomic E-state index is 5.37. The summed E-state index contributed by atoms with van der Waals surface area (Å²) in [6.07, 6.45) is 5.19. The Labute approximate surface area is 113 Å². The molecule has 1 N–H and O–H groups in total. The van der Waals surface area contributed by atoms with Crippen molar-refractivity contribution in [3.63, 3.8) is 0 Å². The minimum atomic E-state index is 0.621. The van der Waals surface area contributed by atoms with Gasteiger partial charge in [-0.05, 0) is 49.6 Å². The minimum Gasteiger partial charge on any atom is -0.497 e. The van der Waals surface area contributed by atoms with Crippen LogP contribution < -0.4 is 4.74 Å². The van der Waals surface area contributed by atoms with E-state index in [0.717, 1.165) is 5.75 Å². The molecule has 0 amide bonds. The van der Waals surface area contributed by atoms with Crippen LogP contribution in [0.15, 0.2) is 18.2 Å². The molecule has 0 aliphatic carbocycles. The van der Waals surface area contributed by atoms with E-state index in [1.54, 1.807) is 7.11 Å². The Morgan fingerprint density at radius 2 is 2.21 bits per heavy atom. The second-order valence-corrected chi connectivity index (χ2v) is 5.73. The van der Waals surface area contributed by atoms with E-state index in [4.69, 9.17) is 4.74 Å². The summed E-state index contributed by atoms with van der Waals surface area (Å²) in [5.41, 5.74) is 4.25. The molecule has 0 bridgehead atoms. The molecule has 0 radical (unpaired) electrons. The van der Waals surface area contributed by atoms with Crippen LogP contribution in [0.1, 0.15) is 36.6 Å². The van der Waals surface area contributed by atoms with Crippen molar-refractivity contribution >= 4 is 10.9 Å². The Morgan fingerprint density at radius 1 is 1.26 bits per heavy atom. The van der Waals surface area contributed by atoms with Crippen LogP contribution in [0.4, 0.5) is 0 Å². The standard InChI is InChI=1S/C16H20N2O/c1-19-11-5-6-14-13(10-11)12-7-9-18-8-3-2-4-15(18)16(12)17-14/h5-6,10,15,17H,2-4,7-9H2,1H3. The molecule has 1 aromatic heterocycles. The Kier molecular flexibility index (Phi) is 2.55. The molecule has 1 unspecified atom stereocenters. The molecule has 4 rings (SSSR count). The van der Waals surface area contributed by atoms with E-state index in [0.29, 0.717) is 6.04 Å². The third kappa shape index (κ3) is 1.68. The number of nitrogens with zero attached hydrogens (tertiary/aromatic N) is 1. The fraction of sp³-hybridized carbons (Fsp3) is 0.500. The van der Waals surface area contributed by atoms with Gasteiger partial charge in [0.25, 0.3) is 0 Å². The molecule has 3 heterocycles.